The van der Waals surface area contributed by atoms with Gasteiger partial charge in [-0.2, -0.15) is 0 Å². The van der Waals surface area contributed by atoms with Crippen LogP contribution in [0.1, 0.15) is 5.56 Å². The molecule has 0 saturated heterocycles. The maximum absolute atomic E-state index is 5.53. The molecule has 60 valence electrons. The van der Waals surface area contributed by atoms with Gasteiger partial charge in [0.1, 0.15) is 5.65 Å². The molecule has 0 aromatic carbocycles. The highest BCUT2D eigenvalue weighted by Gasteiger charge is 1.98. The number of nitrogens with one attached hydrogen (secondary N) is 1. The first kappa shape index (κ1) is 6.91. The monoisotopic (exact) mass is 159 g/mol. The predicted molar refractivity (Wildman–Crippen MR) is 49.3 cm³/mol. The normalized spacial score (nSPS) is 10.3. The molecule has 0 aliphatic rings. The molecule has 0 spiro atoms. The van der Waals surface area contributed by atoms with E-state index in [4.69, 9.17) is 5.73 Å². The van der Waals surface area contributed by atoms with E-state index in [1.54, 1.807) is 6.20 Å². The standard InChI is InChI=1S/C9H9N3/c1-6(10)8-4-7-2-3-11-9(7)12-5-8/h2-5H,1,10H2,(H,11,12). The second-order valence-corrected chi connectivity index (χ2v) is 2.66. The molecule has 0 radical (unpaired) electrons. The van der Waals surface area contributed by atoms with Gasteiger partial charge >= 0.3 is 0 Å². The molecule has 2 aromatic heterocycles. The predicted octanol–water partition coefficient (Wildman–Crippen LogP) is 1.49. The molecule has 2 aromatic rings. The smallest absolute Gasteiger partial charge is 0.137 e. The van der Waals surface area contributed by atoms with Crippen LogP contribution in [0.5, 0.6) is 0 Å². The second kappa shape index (κ2) is 2.37. The molecule has 0 aliphatic carbocycles. The minimum Gasteiger partial charge on any atom is -0.399 e. The Hall–Kier alpha value is -1.77. The van der Waals surface area contributed by atoms with E-state index in [2.05, 4.69) is 16.5 Å². The summed E-state index contributed by atoms with van der Waals surface area (Å²) in [6.07, 6.45) is 3.56. The average Bonchev–Trinajstić information content (AvgIpc) is 2.49. The number of nitrogens with zero attached hydrogens (tertiary/aromatic N) is 1. The van der Waals surface area contributed by atoms with Crippen LogP contribution < -0.4 is 5.73 Å². The van der Waals surface area contributed by atoms with Crippen molar-refractivity contribution < 1.29 is 0 Å². The number of nitrogens with two attached hydrogens (primary N) is 1. The molecule has 0 atom stereocenters. The Labute approximate surface area is 69.9 Å². The fourth-order valence-electron chi connectivity index (χ4n) is 1.12. The molecular weight excluding hydrogens is 150 g/mol. The number of aromatic nitrogens is 2. The van der Waals surface area contributed by atoms with Gasteiger partial charge < -0.3 is 10.7 Å². The van der Waals surface area contributed by atoms with Crippen molar-refractivity contribution >= 4 is 16.7 Å². The van der Waals surface area contributed by atoms with Gasteiger partial charge in [-0.1, -0.05) is 6.58 Å². The fourth-order valence-corrected chi connectivity index (χ4v) is 1.12. The summed E-state index contributed by atoms with van der Waals surface area (Å²) in [5, 5.41) is 1.05. The zero-order valence-corrected chi connectivity index (χ0v) is 6.54. The van der Waals surface area contributed by atoms with E-state index < -0.39 is 0 Å². The van der Waals surface area contributed by atoms with Gasteiger partial charge in [0.15, 0.2) is 0 Å². The summed E-state index contributed by atoms with van der Waals surface area (Å²) in [5.41, 5.74) is 7.83. The fraction of sp³-hybridized carbons (Fsp3) is 0. The van der Waals surface area contributed by atoms with E-state index in [1.807, 2.05) is 18.3 Å². The van der Waals surface area contributed by atoms with Gasteiger partial charge in [0.2, 0.25) is 0 Å². The van der Waals surface area contributed by atoms with Crippen molar-refractivity contribution in [2.45, 2.75) is 0 Å². The number of H-pyrrole nitrogens is 1. The lowest BCUT2D eigenvalue weighted by Gasteiger charge is -1.97. The molecule has 3 nitrogen and oxygen atoms in total. The molecule has 3 N–H and O–H groups in total. The molecular formula is C9H9N3. The van der Waals surface area contributed by atoms with Crippen molar-refractivity contribution in [1.29, 1.82) is 0 Å². The Balaban J connectivity index is 2.68. The van der Waals surface area contributed by atoms with Crippen LogP contribution in [0.3, 0.4) is 0 Å². The van der Waals surface area contributed by atoms with Crippen LogP contribution in [0.15, 0.2) is 31.1 Å². The first-order valence-corrected chi connectivity index (χ1v) is 3.65. The van der Waals surface area contributed by atoms with Gasteiger partial charge in [0, 0.05) is 29.0 Å². The molecule has 0 unspecified atom stereocenters. The molecule has 3 heteroatoms. The van der Waals surface area contributed by atoms with Crippen LogP contribution >= 0.6 is 0 Å². The maximum atomic E-state index is 5.53. The van der Waals surface area contributed by atoms with Gasteiger partial charge in [-0.15, -0.1) is 0 Å². The summed E-state index contributed by atoms with van der Waals surface area (Å²) in [6, 6.07) is 3.91. The minimum atomic E-state index is 0.547. The van der Waals surface area contributed by atoms with Crippen molar-refractivity contribution in [1.82, 2.24) is 9.97 Å². The molecule has 0 saturated carbocycles. The van der Waals surface area contributed by atoms with Gasteiger partial charge in [-0.3, -0.25) is 0 Å². The SMILES string of the molecule is C=C(N)c1cnc2[nH]ccc2c1. The number of aromatic amines is 1. The summed E-state index contributed by atoms with van der Waals surface area (Å²) in [4.78, 5) is 7.17. The highest BCUT2D eigenvalue weighted by Crippen LogP contribution is 2.13. The van der Waals surface area contributed by atoms with E-state index in [0.717, 1.165) is 16.6 Å². The number of pyridine rings is 1. The van der Waals surface area contributed by atoms with Crippen LogP contribution in [0, 0.1) is 0 Å². The third-order valence-corrected chi connectivity index (χ3v) is 1.77. The lowest BCUT2D eigenvalue weighted by molar-refractivity contribution is 1.31. The third-order valence-electron chi connectivity index (χ3n) is 1.77. The van der Waals surface area contributed by atoms with Gasteiger partial charge in [-0.05, 0) is 12.1 Å². The number of rotatable bonds is 1. The summed E-state index contributed by atoms with van der Waals surface area (Å²) < 4.78 is 0. The molecule has 0 fully saturated rings. The zero-order valence-electron chi connectivity index (χ0n) is 6.54. The van der Waals surface area contributed by atoms with Crippen molar-refractivity contribution in [2.75, 3.05) is 0 Å². The summed E-state index contributed by atoms with van der Waals surface area (Å²) in [7, 11) is 0. The maximum Gasteiger partial charge on any atom is 0.137 e. The summed E-state index contributed by atoms with van der Waals surface area (Å²) >= 11 is 0. The van der Waals surface area contributed by atoms with Crippen molar-refractivity contribution in [2.24, 2.45) is 5.73 Å². The van der Waals surface area contributed by atoms with E-state index >= 15 is 0 Å². The Morgan fingerprint density at radius 1 is 1.58 bits per heavy atom. The molecule has 0 aliphatic heterocycles. The molecule has 12 heavy (non-hydrogen) atoms. The first-order valence-electron chi connectivity index (χ1n) is 3.65. The lowest BCUT2D eigenvalue weighted by Crippen LogP contribution is -1.94. The van der Waals surface area contributed by atoms with Crippen LogP contribution in [-0.2, 0) is 0 Å². The van der Waals surface area contributed by atoms with Crippen molar-refractivity contribution in [3.8, 4) is 0 Å². The van der Waals surface area contributed by atoms with Gasteiger partial charge in [0.25, 0.3) is 0 Å². The quantitative estimate of drug-likeness (QED) is 0.662. The van der Waals surface area contributed by atoms with E-state index in [-0.39, 0.29) is 0 Å². The molecule has 2 rings (SSSR count). The largest absolute Gasteiger partial charge is 0.399 e. The average molecular weight is 159 g/mol. The van der Waals surface area contributed by atoms with E-state index in [0.29, 0.717) is 5.70 Å². The number of hydrogen-bond acceptors (Lipinski definition) is 2. The number of hydrogen-bond donors (Lipinski definition) is 2. The molecule has 0 amide bonds. The highest BCUT2D eigenvalue weighted by molar-refractivity contribution is 5.79. The van der Waals surface area contributed by atoms with Gasteiger partial charge in [-0.25, -0.2) is 4.98 Å². The number of fused-ring (bicyclic) bond motifs is 1. The highest BCUT2D eigenvalue weighted by atomic mass is 14.8. The third kappa shape index (κ3) is 0.955. The second-order valence-electron chi connectivity index (χ2n) is 2.66. The Morgan fingerprint density at radius 2 is 2.42 bits per heavy atom. The van der Waals surface area contributed by atoms with E-state index in [1.165, 1.54) is 0 Å². The lowest BCUT2D eigenvalue weighted by atomic mass is 10.2. The zero-order chi connectivity index (χ0) is 8.55. The summed E-state index contributed by atoms with van der Waals surface area (Å²) in [6.45, 7) is 3.64. The first-order chi connectivity index (χ1) is 5.77. The van der Waals surface area contributed by atoms with Crippen LogP contribution in [0.2, 0.25) is 0 Å². The van der Waals surface area contributed by atoms with Crippen LogP contribution in [0.25, 0.3) is 16.7 Å². The van der Waals surface area contributed by atoms with Gasteiger partial charge in [0.05, 0.1) is 0 Å². The van der Waals surface area contributed by atoms with Crippen molar-refractivity contribution in [3.05, 3.63) is 36.7 Å². The van der Waals surface area contributed by atoms with Crippen LogP contribution in [0.4, 0.5) is 0 Å². The topological polar surface area (TPSA) is 54.7 Å². The Kier molecular flexibility index (Phi) is 1.37. The van der Waals surface area contributed by atoms with Crippen LogP contribution in [-0.4, -0.2) is 9.97 Å². The molecule has 0 bridgehead atoms. The minimum absolute atomic E-state index is 0.547. The Bertz CT molecular complexity index is 428. The Morgan fingerprint density at radius 3 is 3.17 bits per heavy atom. The summed E-state index contributed by atoms with van der Waals surface area (Å²) in [5.74, 6) is 0. The molecule has 2 heterocycles. The van der Waals surface area contributed by atoms with Crippen molar-refractivity contribution in [3.63, 3.8) is 0 Å². The van der Waals surface area contributed by atoms with E-state index in [9.17, 15) is 0 Å².